The number of anilines is 1. The minimum absolute atomic E-state index is 0.0471. The number of aromatic nitrogens is 2. The Balaban J connectivity index is 2.50. The Morgan fingerprint density at radius 3 is 2.44 bits per heavy atom. The topological polar surface area (TPSA) is 93.1 Å². The van der Waals surface area contributed by atoms with E-state index in [1.807, 2.05) is 0 Å². The van der Waals surface area contributed by atoms with Crippen molar-refractivity contribution in [1.82, 2.24) is 15.1 Å². The number of nitrogens with one attached hydrogen (secondary N) is 2. The van der Waals surface area contributed by atoms with Gasteiger partial charge in [-0.25, -0.2) is 0 Å². The van der Waals surface area contributed by atoms with E-state index in [1.165, 1.54) is 19.2 Å². The summed E-state index contributed by atoms with van der Waals surface area (Å²) in [5.74, 6) is -0.531. The number of hydrogen-bond donors (Lipinski definition) is 2. The summed E-state index contributed by atoms with van der Waals surface area (Å²) < 4.78 is 65.9. The molecule has 1 aromatic carbocycles. The quantitative estimate of drug-likeness (QED) is 0.853. The number of carbonyl (C=O) groups excluding carboxylic acids is 1. The van der Waals surface area contributed by atoms with Crippen LogP contribution in [0.1, 0.15) is 21.6 Å². The number of aryl methyl sites for hydroxylation is 2. The van der Waals surface area contributed by atoms with Gasteiger partial charge in [-0.3, -0.25) is 14.2 Å². The molecule has 0 saturated heterocycles. The first-order valence-electron chi connectivity index (χ1n) is 6.93. The van der Waals surface area contributed by atoms with E-state index in [9.17, 15) is 26.4 Å². The molecule has 0 unspecified atom stereocenters. The molecule has 2 rings (SSSR count). The molecule has 0 spiro atoms. The highest BCUT2D eigenvalue weighted by molar-refractivity contribution is 7.92. The van der Waals surface area contributed by atoms with E-state index in [0.29, 0.717) is 16.3 Å². The van der Waals surface area contributed by atoms with Gasteiger partial charge in [-0.05, 0) is 18.6 Å². The van der Waals surface area contributed by atoms with E-state index in [4.69, 9.17) is 0 Å². The molecule has 0 fully saturated rings. The zero-order chi connectivity index (χ0) is 19.0. The highest BCUT2D eigenvalue weighted by atomic mass is 32.2. The van der Waals surface area contributed by atoms with Crippen molar-refractivity contribution in [3.8, 4) is 0 Å². The summed E-state index contributed by atoms with van der Waals surface area (Å²) in [5, 5.41) is 4.88. The van der Waals surface area contributed by atoms with Crippen LogP contribution < -0.4 is 10.0 Å². The fourth-order valence-corrected chi connectivity index (χ4v) is 3.44. The summed E-state index contributed by atoms with van der Waals surface area (Å²) in [4.78, 5) is 12.0. The molecule has 0 saturated carbocycles. The Kier molecular flexibility index (Phi) is 4.80. The van der Waals surface area contributed by atoms with E-state index < -0.39 is 32.8 Å². The first-order valence-corrected chi connectivity index (χ1v) is 8.41. The maximum absolute atomic E-state index is 12.7. The van der Waals surface area contributed by atoms with Gasteiger partial charge in [0.25, 0.3) is 15.9 Å². The first-order chi connectivity index (χ1) is 11.5. The van der Waals surface area contributed by atoms with Gasteiger partial charge in [-0.15, -0.1) is 0 Å². The minimum atomic E-state index is -4.78. The number of nitrogens with zero attached hydrogens (tertiary/aromatic N) is 2. The van der Waals surface area contributed by atoms with Crippen molar-refractivity contribution >= 4 is 21.6 Å². The second-order valence-corrected chi connectivity index (χ2v) is 6.80. The van der Waals surface area contributed by atoms with Crippen LogP contribution >= 0.6 is 0 Å². The average molecular weight is 376 g/mol. The number of benzene rings is 1. The molecule has 0 aliphatic carbocycles. The van der Waals surface area contributed by atoms with Gasteiger partial charge in [0.2, 0.25) is 0 Å². The molecule has 0 bridgehead atoms. The van der Waals surface area contributed by atoms with E-state index in [1.54, 1.807) is 13.0 Å². The number of carbonyl (C=O) groups is 1. The van der Waals surface area contributed by atoms with Crippen molar-refractivity contribution in [1.29, 1.82) is 0 Å². The van der Waals surface area contributed by atoms with Gasteiger partial charge in [-0.2, -0.15) is 26.7 Å². The van der Waals surface area contributed by atoms with Gasteiger partial charge in [-0.1, -0.05) is 12.1 Å². The Morgan fingerprint density at radius 1 is 1.28 bits per heavy atom. The molecule has 0 aliphatic rings. The molecule has 136 valence electrons. The van der Waals surface area contributed by atoms with Gasteiger partial charge in [0, 0.05) is 20.2 Å². The van der Waals surface area contributed by atoms with E-state index in [-0.39, 0.29) is 11.3 Å². The average Bonchev–Trinajstić information content (AvgIpc) is 2.89. The number of rotatable bonds is 4. The molecule has 1 aromatic heterocycles. The van der Waals surface area contributed by atoms with Crippen molar-refractivity contribution in [2.45, 2.75) is 18.1 Å². The molecule has 0 radical (unpaired) electrons. The van der Waals surface area contributed by atoms with Crippen molar-refractivity contribution < 1.29 is 26.4 Å². The van der Waals surface area contributed by atoms with Crippen LogP contribution in [0.25, 0.3) is 0 Å². The van der Waals surface area contributed by atoms with Crippen LogP contribution in [0.5, 0.6) is 0 Å². The number of amides is 1. The van der Waals surface area contributed by atoms with Gasteiger partial charge < -0.3 is 5.32 Å². The summed E-state index contributed by atoms with van der Waals surface area (Å²) in [5.41, 5.74) is -0.799. The largest absolute Gasteiger partial charge is 0.435 e. The van der Waals surface area contributed by atoms with E-state index >= 15 is 0 Å². The summed E-state index contributed by atoms with van der Waals surface area (Å²) in [7, 11) is -1.93. The second kappa shape index (κ2) is 6.39. The molecule has 2 N–H and O–H groups in total. The van der Waals surface area contributed by atoms with Gasteiger partial charge in [0.1, 0.15) is 0 Å². The number of sulfonamides is 1. The predicted octanol–water partition coefficient (Wildman–Crippen LogP) is 1.91. The molecule has 0 aliphatic heterocycles. The van der Waals surface area contributed by atoms with Crippen LogP contribution in [0.2, 0.25) is 0 Å². The lowest BCUT2D eigenvalue weighted by molar-refractivity contribution is -0.141. The molecular formula is C14H15F3N4O3S. The fraction of sp³-hybridized carbons (Fsp3) is 0.286. The third kappa shape index (κ3) is 3.76. The third-order valence-electron chi connectivity index (χ3n) is 3.37. The van der Waals surface area contributed by atoms with E-state index in [2.05, 4.69) is 15.1 Å². The first kappa shape index (κ1) is 18.8. The fourth-order valence-electron chi connectivity index (χ4n) is 2.22. The standard InChI is InChI=1S/C14H15F3N4O3S/c1-8-5-4-6-9(12(8)13(22)18-2)20-25(23,24)11-7-10(14(15,16)17)19-21(11)3/h4-7,20H,1-3H3,(H,18,22). The van der Waals surface area contributed by atoms with E-state index in [0.717, 1.165) is 7.05 Å². The van der Waals surface area contributed by atoms with Crippen LogP contribution in [-0.2, 0) is 23.2 Å². The summed E-state index contributed by atoms with van der Waals surface area (Å²) >= 11 is 0. The van der Waals surface area contributed by atoms with Crippen molar-refractivity contribution in [3.05, 3.63) is 41.1 Å². The normalized spacial score (nSPS) is 12.1. The summed E-state index contributed by atoms with van der Waals surface area (Å²) in [6.07, 6.45) is -4.78. The molecule has 25 heavy (non-hydrogen) atoms. The van der Waals surface area contributed by atoms with Crippen LogP contribution in [0.3, 0.4) is 0 Å². The smallest absolute Gasteiger partial charge is 0.355 e. The molecule has 2 aromatic rings. The van der Waals surface area contributed by atoms with Gasteiger partial charge in [0.15, 0.2) is 10.7 Å². The highest BCUT2D eigenvalue weighted by Gasteiger charge is 2.36. The number of hydrogen-bond acceptors (Lipinski definition) is 4. The van der Waals surface area contributed by atoms with Crippen LogP contribution in [0.15, 0.2) is 29.3 Å². The number of halogens is 3. The van der Waals surface area contributed by atoms with Gasteiger partial charge >= 0.3 is 6.18 Å². The Hall–Kier alpha value is -2.56. The maximum Gasteiger partial charge on any atom is 0.435 e. The lowest BCUT2D eigenvalue weighted by Gasteiger charge is -2.13. The Bertz CT molecular complexity index is 920. The predicted molar refractivity (Wildman–Crippen MR) is 83.6 cm³/mol. The maximum atomic E-state index is 12.7. The van der Waals surface area contributed by atoms with Crippen LogP contribution in [-0.4, -0.2) is 31.2 Å². The Morgan fingerprint density at radius 2 is 1.92 bits per heavy atom. The molecule has 1 amide bonds. The van der Waals surface area contributed by atoms with Crippen molar-refractivity contribution in [3.63, 3.8) is 0 Å². The lowest BCUT2D eigenvalue weighted by Crippen LogP contribution is -2.23. The SMILES string of the molecule is CNC(=O)c1c(C)cccc1NS(=O)(=O)c1cc(C(F)(F)F)nn1C. The lowest BCUT2D eigenvalue weighted by atomic mass is 10.1. The van der Waals surface area contributed by atoms with Gasteiger partial charge in [0.05, 0.1) is 11.3 Å². The van der Waals surface area contributed by atoms with Crippen LogP contribution in [0.4, 0.5) is 18.9 Å². The van der Waals surface area contributed by atoms with Crippen molar-refractivity contribution in [2.75, 3.05) is 11.8 Å². The molecule has 1 heterocycles. The Labute approximate surface area is 141 Å². The molecule has 7 nitrogen and oxygen atoms in total. The molecule has 11 heteroatoms. The number of alkyl halides is 3. The zero-order valence-corrected chi connectivity index (χ0v) is 14.3. The second-order valence-electron chi connectivity index (χ2n) is 5.17. The minimum Gasteiger partial charge on any atom is -0.355 e. The highest BCUT2D eigenvalue weighted by Crippen LogP contribution is 2.30. The van der Waals surface area contributed by atoms with Crippen LogP contribution in [0, 0.1) is 6.92 Å². The summed E-state index contributed by atoms with van der Waals surface area (Å²) in [6, 6.07) is 4.89. The van der Waals surface area contributed by atoms with Crippen molar-refractivity contribution in [2.24, 2.45) is 7.05 Å². The summed E-state index contributed by atoms with van der Waals surface area (Å²) in [6.45, 7) is 1.61. The molecule has 0 atom stereocenters. The zero-order valence-electron chi connectivity index (χ0n) is 13.5. The monoisotopic (exact) mass is 376 g/mol. The third-order valence-corrected chi connectivity index (χ3v) is 4.80. The molecular weight excluding hydrogens is 361 g/mol.